The summed E-state index contributed by atoms with van der Waals surface area (Å²) in [7, 11) is -1.77. The van der Waals surface area contributed by atoms with Crippen molar-refractivity contribution in [1.82, 2.24) is 0 Å². The molecule has 1 aromatic carbocycles. The molecule has 0 atom stereocenters. The van der Waals surface area contributed by atoms with Gasteiger partial charge in [0.2, 0.25) is 0 Å². The maximum Gasteiger partial charge on any atom is 0.192 e. The van der Waals surface area contributed by atoms with Gasteiger partial charge in [0, 0.05) is 15.5 Å². The van der Waals surface area contributed by atoms with Gasteiger partial charge in [0.1, 0.15) is 12.4 Å². The third-order valence-electron chi connectivity index (χ3n) is 4.56. The fraction of sp³-hybridized carbons (Fsp3) is 0.421. The molecule has 1 heterocycles. The molecule has 25 heavy (non-hydrogen) atoms. The number of ether oxygens (including phenoxy) is 1. The maximum absolute atomic E-state index is 10.9. The molecule has 0 amide bonds. The summed E-state index contributed by atoms with van der Waals surface area (Å²) in [6.45, 7) is 12.2. The van der Waals surface area contributed by atoms with Crippen LogP contribution in [0.1, 0.15) is 30.4 Å². The highest BCUT2D eigenvalue weighted by Gasteiger charge is 2.36. The van der Waals surface area contributed by atoms with Crippen molar-refractivity contribution in [2.45, 2.75) is 38.9 Å². The van der Waals surface area contributed by atoms with E-state index in [1.54, 1.807) is 6.07 Å². The molecule has 0 bridgehead atoms. The average molecular weight is 397 g/mol. The second-order valence-corrected chi connectivity index (χ2v) is 13.8. The number of aldehydes is 1. The van der Waals surface area contributed by atoms with Crippen LogP contribution in [0, 0.1) is 0 Å². The van der Waals surface area contributed by atoms with Gasteiger partial charge in [0.15, 0.2) is 14.6 Å². The van der Waals surface area contributed by atoms with Crippen molar-refractivity contribution >= 4 is 37.5 Å². The van der Waals surface area contributed by atoms with Crippen LogP contribution >= 0.6 is 22.9 Å². The van der Waals surface area contributed by atoms with Crippen molar-refractivity contribution in [2.24, 2.45) is 0 Å². The summed E-state index contributed by atoms with van der Waals surface area (Å²) in [5.74, 6) is 0.752. The number of benzene rings is 1. The maximum atomic E-state index is 10.9. The Morgan fingerprint density at radius 3 is 2.48 bits per heavy atom. The molecule has 6 heteroatoms. The first-order chi connectivity index (χ1) is 11.6. The zero-order valence-electron chi connectivity index (χ0n) is 15.4. The zero-order valence-corrected chi connectivity index (χ0v) is 18.0. The Kier molecular flexibility index (Phi) is 6.49. The Labute approximate surface area is 160 Å². The van der Waals surface area contributed by atoms with Crippen LogP contribution in [0.3, 0.4) is 0 Å². The average Bonchev–Trinajstić information content (AvgIpc) is 3.00. The third-order valence-corrected chi connectivity index (χ3v) is 10.4. The fourth-order valence-electron chi connectivity index (χ4n) is 2.05. The molecule has 3 nitrogen and oxygen atoms in total. The lowest BCUT2D eigenvalue weighted by Crippen LogP contribution is -2.41. The normalized spacial score (nSPS) is 12.2. The lowest BCUT2D eigenvalue weighted by Gasteiger charge is -2.36. The number of hydrogen-bond donors (Lipinski definition) is 0. The quantitative estimate of drug-likeness (QED) is 0.313. The molecule has 0 N–H and O–H groups in total. The van der Waals surface area contributed by atoms with E-state index >= 15 is 0 Å². The van der Waals surface area contributed by atoms with Gasteiger partial charge in [-0.05, 0) is 48.5 Å². The summed E-state index contributed by atoms with van der Waals surface area (Å²) in [4.78, 5) is 12.6. The van der Waals surface area contributed by atoms with Gasteiger partial charge in [0.05, 0.1) is 11.5 Å². The zero-order chi connectivity index (χ0) is 18.7. The van der Waals surface area contributed by atoms with Crippen LogP contribution in [0.2, 0.25) is 23.2 Å². The molecular weight excluding hydrogens is 372 g/mol. The van der Waals surface area contributed by atoms with E-state index in [0.717, 1.165) is 22.5 Å². The van der Waals surface area contributed by atoms with E-state index in [2.05, 4.69) is 33.9 Å². The minimum absolute atomic E-state index is 0.181. The number of halogens is 1. The molecule has 2 rings (SSSR count). The summed E-state index contributed by atoms with van der Waals surface area (Å²) in [5.41, 5.74) is 0.901. The summed E-state index contributed by atoms with van der Waals surface area (Å²) in [5, 5.41) is 0.821. The van der Waals surface area contributed by atoms with Crippen molar-refractivity contribution in [3.05, 3.63) is 40.2 Å². The monoisotopic (exact) mass is 396 g/mol. The van der Waals surface area contributed by atoms with Crippen LogP contribution in [0.4, 0.5) is 0 Å². The Hall–Kier alpha value is -1.14. The first kappa shape index (κ1) is 20.2. The SMILES string of the molecule is CC(C)(C)[Si](C)(C)OCCOc1ccc(Cl)cc1-c1ccc(C=O)s1. The third kappa shape index (κ3) is 5.17. The van der Waals surface area contributed by atoms with Crippen molar-refractivity contribution in [3.63, 3.8) is 0 Å². The second-order valence-electron chi connectivity index (χ2n) is 7.42. The minimum atomic E-state index is -1.77. The van der Waals surface area contributed by atoms with Crippen LogP contribution in [0.15, 0.2) is 30.3 Å². The van der Waals surface area contributed by atoms with E-state index in [9.17, 15) is 4.79 Å². The highest BCUT2D eigenvalue weighted by atomic mass is 35.5. The van der Waals surface area contributed by atoms with E-state index < -0.39 is 8.32 Å². The smallest absolute Gasteiger partial charge is 0.192 e. The molecule has 0 spiro atoms. The largest absolute Gasteiger partial charge is 0.491 e. The number of carbonyl (C=O) groups excluding carboxylic acids is 1. The first-order valence-electron chi connectivity index (χ1n) is 8.26. The van der Waals surface area contributed by atoms with E-state index in [0.29, 0.717) is 23.1 Å². The van der Waals surface area contributed by atoms with Gasteiger partial charge in [-0.2, -0.15) is 0 Å². The van der Waals surface area contributed by atoms with Crippen molar-refractivity contribution in [3.8, 4) is 16.2 Å². The Morgan fingerprint density at radius 1 is 1.16 bits per heavy atom. The van der Waals surface area contributed by atoms with Crippen molar-refractivity contribution < 1.29 is 14.0 Å². The fourth-order valence-corrected chi connectivity index (χ4v) is 4.09. The second kappa shape index (κ2) is 8.04. The van der Waals surface area contributed by atoms with E-state index in [-0.39, 0.29) is 5.04 Å². The molecule has 0 aliphatic rings. The van der Waals surface area contributed by atoms with Crippen LogP contribution in [-0.4, -0.2) is 27.8 Å². The van der Waals surface area contributed by atoms with Gasteiger partial charge < -0.3 is 9.16 Å². The van der Waals surface area contributed by atoms with Crippen molar-refractivity contribution in [2.75, 3.05) is 13.2 Å². The summed E-state index contributed by atoms with van der Waals surface area (Å²) >= 11 is 7.56. The molecule has 0 aliphatic heterocycles. The summed E-state index contributed by atoms with van der Waals surface area (Å²) < 4.78 is 12.1. The van der Waals surface area contributed by atoms with Crippen LogP contribution in [-0.2, 0) is 4.43 Å². The highest BCUT2D eigenvalue weighted by molar-refractivity contribution is 7.17. The molecule has 0 aliphatic carbocycles. The van der Waals surface area contributed by atoms with Gasteiger partial charge >= 0.3 is 0 Å². The Bertz CT molecular complexity index is 735. The lowest BCUT2D eigenvalue weighted by atomic mass is 10.1. The first-order valence-corrected chi connectivity index (χ1v) is 12.4. The Morgan fingerprint density at radius 2 is 1.88 bits per heavy atom. The van der Waals surface area contributed by atoms with E-state index in [1.165, 1.54) is 11.3 Å². The number of carbonyl (C=O) groups is 1. The van der Waals surface area contributed by atoms with E-state index in [1.807, 2.05) is 24.3 Å². The molecule has 0 fully saturated rings. The van der Waals surface area contributed by atoms with Crippen LogP contribution < -0.4 is 4.74 Å². The molecule has 0 radical (unpaired) electrons. The summed E-state index contributed by atoms with van der Waals surface area (Å²) in [6, 6.07) is 9.26. The number of hydrogen-bond acceptors (Lipinski definition) is 4. The number of rotatable bonds is 7. The predicted octanol–water partition coefficient (Wildman–Crippen LogP) is 6.28. The lowest BCUT2D eigenvalue weighted by molar-refractivity contribution is 0.112. The van der Waals surface area contributed by atoms with Gasteiger partial charge in [-0.1, -0.05) is 32.4 Å². The minimum Gasteiger partial charge on any atom is -0.491 e. The topological polar surface area (TPSA) is 35.5 Å². The predicted molar refractivity (Wildman–Crippen MR) is 109 cm³/mol. The van der Waals surface area contributed by atoms with Crippen molar-refractivity contribution in [1.29, 1.82) is 0 Å². The van der Waals surface area contributed by atoms with Gasteiger partial charge in [-0.3, -0.25) is 4.79 Å². The van der Waals surface area contributed by atoms with Crippen LogP contribution in [0.25, 0.3) is 10.4 Å². The van der Waals surface area contributed by atoms with Gasteiger partial charge in [-0.25, -0.2) is 0 Å². The molecule has 0 saturated carbocycles. The van der Waals surface area contributed by atoms with Gasteiger partial charge in [0.25, 0.3) is 0 Å². The highest BCUT2D eigenvalue weighted by Crippen LogP contribution is 2.38. The molecule has 1 aromatic heterocycles. The van der Waals surface area contributed by atoms with E-state index in [4.69, 9.17) is 20.8 Å². The molecular formula is C19H25ClO3SSi. The Balaban J connectivity index is 2.06. The molecule has 0 saturated heterocycles. The molecule has 0 unspecified atom stereocenters. The summed E-state index contributed by atoms with van der Waals surface area (Å²) in [6.07, 6.45) is 0.853. The number of thiophene rings is 1. The standard InChI is InChI=1S/C19H25ClO3SSi/c1-19(2,3)25(4,5)23-11-10-22-17-8-6-14(20)12-16(17)18-9-7-15(13-21)24-18/h6-9,12-13H,10-11H2,1-5H3. The molecule has 136 valence electrons. The van der Waals surface area contributed by atoms with Crippen LogP contribution in [0.5, 0.6) is 5.75 Å². The molecule has 2 aromatic rings. The van der Waals surface area contributed by atoms with Gasteiger partial charge in [-0.15, -0.1) is 11.3 Å².